The highest BCUT2D eigenvalue weighted by Crippen LogP contribution is 2.39. The molecule has 1 aromatic carbocycles. The number of nitrogens with zero attached hydrogens (tertiary/aromatic N) is 6. The first-order chi connectivity index (χ1) is 21.6. The highest BCUT2D eigenvalue weighted by atomic mass is 35.5. The molecule has 2 amide bonds. The standard InChI is InChI=1S/C33H33ClN8O3/c1-18(2)32(44)40-14-11-21(12-15-40)24-16-23(29-30(35)38-17-39-42(24)29)20-7-9-22(10-8-20)26-27(31(36)43)33(45)41(19(3)28(26)34)25-6-4-5-13-37-25/h4-10,13,16-18,21H,11-12,14-15H2,1-3H3,(H2,36,43)(H2,35,38,39). The van der Waals surface area contributed by atoms with Crippen LogP contribution in [-0.2, 0) is 4.79 Å². The van der Waals surface area contributed by atoms with Gasteiger partial charge in [0.1, 0.15) is 23.2 Å². The number of amides is 2. The Hall–Kier alpha value is -5.03. The summed E-state index contributed by atoms with van der Waals surface area (Å²) in [5.74, 6) is 0.106. The molecule has 45 heavy (non-hydrogen) atoms. The molecule has 1 aliphatic heterocycles. The molecule has 12 heteroatoms. The second-order valence-electron chi connectivity index (χ2n) is 11.6. The number of pyridine rings is 2. The van der Waals surface area contributed by atoms with Gasteiger partial charge in [0.15, 0.2) is 5.82 Å². The fourth-order valence-corrected chi connectivity index (χ4v) is 6.49. The molecule has 1 saturated heterocycles. The van der Waals surface area contributed by atoms with E-state index in [-0.39, 0.29) is 33.9 Å². The van der Waals surface area contributed by atoms with Crippen molar-refractivity contribution in [2.24, 2.45) is 11.7 Å². The summed E-state index contributed by atoms with van der Waals surface area (Å²) in [4.78, 5) is 49.2. The Morgan fingerprint density at radius 2 is 1.71 bits per heavy atom. The zero-order chi connectivity index (χ0) is 32.0. The molecule has 0 spiro atoms. The fraction of sp³-hybridized carbons (Fsp3) is 0.273. The predicted molar refractivity (Wildman–Crippen MR) is 173 cm³/mol. The van der Waals surface area contributed by atoms with Crippen molar-refractivity contribution in [3.05, 3.63) is 93.4 Å². The SMILES string of the molecule is Cc1c(Cl)c(-c2ccc(-c3cc(C4CCN(C(=O)C(C)C)CC4)n4ncnc(N)c34)cc2)c(C(N)=O)c(=O)n1-c1ccccn1. The van der Waals surface area contributed by atoms with E-state index < -0.39 is 11.5 Å². The molecule has 230 valence electrons. The van der Waals surface area contributed by atoms with Crippen molar-refractivity contribution in [2.45, 2.75) is 39.5 Å². The van der Waals surface area contributed by atoms with E-state index in [1.54, 1.807) is 43.5 Å². The number of nitrogen functional groups attached to an aromatic ring is 1. The van der Waals surface area contributed by atoms with Crippen LogP contribution in [0, 0.1) is 12.8 Å². The van der Waals surface area contributed by atoms with Crippen LogP contribution in [-0.4, -0.2) is 54.0 Å². The Kier molecular flexibility index (Phi) is 7.88. The number of anilines is 1. The minimum atomic E-state index is -0.889. The molecule has 1 aliphatic rings. The molecule has 0 atom stereocenters. The molecule has 6 rings (SSSR count). The van der Waals surface area contributed by atoms with Crippen molar-refractivity contribution >= 4 is 34.7 Å². The summed E-state index contributed by atoms with van der Waals surface area (Å²) < 4.78 is 3.14. The smallest absolute Gasteiger partial charge is 0.270 e. The van der Waals surface area contributed by atoms with Gasteiger partial charge >= 0.3 is 0 Å². The van der Waals surface area contributed by atoms with Crippen molar-refractivity contribution in [1.29, 1.82) is 0 Å². The van der Waals surface area contributed by atoms with Gasteiger partial charge in [-0.05, 0) is 49.1 Å². The Labute approximate surface area is 264 Å². The van der Waals surface area contributed by atoms with Gasteiger partial charge in [-0.15, -0.1) is 0 Å². The van der Waals surface area contributed by atoms with E-state index >= 15 is 0 Å². The van der Waals surface area contributed by atoms with E-state index in [4.69, 9.17) is 23.1 Å². The van der Waals surface area contributed by atoms with E-state index in [0.717, 1.165) is 29.7 Å². The lowest BCUT2D eigenvalue weighted by molar-refractivity contribution is -0.135. The molecule has 0 unspecified atom stereocenters. The number of piperidine rings is 1. The summed E-state index contributed by atoms with van der Waals surface area (Å²) in [5, 5.41) is 4.76. The predicted octanol–water partition coefficient (Wildman–Crippen LogP) is 4.61. The lowest BCUT2D eigenvalue weighted by Crippen LogP contribution is -2.40. The number of aromatic nitrogens is 5. The highest BCUT2D eigenvalue weighted by Gasteiger charge is 2.29. The molecule has 4 aromatic heterocycles. The van der Waals surface area contributed by atoms with Crippen LogP contribution >= 0.6 is 11.6 Å². The van der Waals surface area contributed by atoms with Crippen molar-refractivity contribution < 1.29 is 9.59 Å². The van der Waals surface area contributed by atoms with Gasteiger partial charge in [-0.1, -0.05) is 55.8 Å². The summed E-state index contributed by atoms with van der Waals surface area (Å²) in [5.41, 5.74) is 15.9. The molecule has 11 nitrogen and oxygen atoms in total. The summed E-state index contributed by atoms with van der Waals surface area (Å²) in [6, 6.07) is 14.6. The maximum atomic E-state index is 13.6. The summed E-state index contributed by atoms with van der Waals surface area (Å²) in [7, 11) is 0. The molecule has 1 fully saturated rings. The van der Waals surface area contributed by atoms with Crippen molar-refractivity contribution in [3.8, 4) is 28.1 Å². The normalized spacial score (nSPS) is 13.9. The van der Waals surface area contributed by atoms with Gasteiger partial charge in [0, 0.05) is 53.6 Å². The quantitative estimate of drug-likeness (QED) is 0.279. The molecule has 0 saturated carbocycles. The van der Waals surface area contributed by atoms with Crippen LogP contribution in [0.3, 0.4) is 0 Å². The van der Waals surface area contributed by atoms with Gasteiger partial charge in [-0.2, -0.15) is 5.10 Å². The second kappa shape index (κ2) is 11.8. The molecule has 5 heterocycles. The van der Waals surface area contributed by atoms with Crippen LogP contribution in [0.1, 0.15) is 54.4 Å². The number of likely N-dealkylation sites (tertiary alicyclic amines) is 1. The van der Waals surface area contributed by atoms with Crippen LogP contribution in [0.25, 0.3) is 33.6 Å². The number of nitrogens with two attached hydrogens (primary N) is 2. The third-order valence-electron chi connectivity index (χ3n) is 8.48. The average molecular weight is 625 g/mol. The van der Waals surface area contributed by atoms with Crippen LogP contribution in [0.2, 0.25) is 5.02 Å². The Morgan fingerprint density at radius 3 is 2.33 bits per heavy atom. The summed E-state index contributed by atoms with van der Waals surface area (Å²) in [6.07, 6.45) is 4.62. The van der Waals surface area contributed by atoms with Gasteiger partial charge in [-0.25, -0.2) is 14.5 Å². The molecular formula is C33H33ClN8O3. The summed E-state index contributed by atoms with van der Waals surface area (Å²) in [6.45, 7) is 6.90. The Balaban J connectivity index is 1.40. The van der Waals surface area contributed by atoms with Crippen molar-refractivity contribution in [2.75, 3.05) is 18.8 Å². The second-order valence-corrected chi connectivity index (χ2v) is 11.9. The summed E-state index contributed by atoms with van der Waals surface area (Å²) >= 11 is 6.84. The number of fused-ring (bicyclic) bond motifs is 1. The number of carbonyl (C=O) groups is 2. The number of primary amides is 1. The van der Waals surface area contributed by atoms with Crippen LogP contribution in [0.15, 0.2) is 65.8 Å². The maximum Gasteiger partial charge on any atom is 0.270 e. The third-order valence-corrected chi connectivity index (χ3v) is 8.94. The number of hydrogen-bond donors (Lipinski definition) is 2. The van der Waals surface area contributed by atoms with E-state index in [9.17, 15) is 14.4 Å². The van der Waals surface area contributed by atoms with Gasteiger partial charge in [-0.3, -0.25) is 19.0 Å². The number of benzene rings is 1. The van der Waals surface area contributed by atoms with E-state index in [2.05, 4.69) is 21.1 Å². The zero-order valence-corrected chi connectivity index (χ0v) is 26.0. The largest absolute Gasteiger partial charge is 0.382 e. The number of rotatable bonds is 6. The van der Waals surface area contributed by atoms with Gasteiger partial charge in [0.25, 0.3) is 11.5 Å². The Morgan fingerprint density at radius 1 is 1.02 bits per heavy atom. The maximum absolute atomic E-state index is 13.6. The first-order valence-corrected chi connectivity index (χ1v) is 15.1. The fourth-order valence-electron chi connectivity index (χ4n) is 6.20. The topological polar surface area (TPSA) is 154 Å². The van der Waals surface area contributed by atoms with Gasteiger partial charge in [0.05, 0.1) is 5.02 Å². The minimum absolute atomic E-state index is 0.0339. The minimum Gasteiger partial charge on any atom is -0.382 e. The van der Waals surface area contributed by atoms with E-state index in [1.165, 1.54) is 10.9 Å². The molecule has 0 radical (unpaired) electrons. The van der Waals surface area contributed by atoms with E-state index in [0.29, 0.717) is 41.5 Å². The highest BCUT2D eigenvalue weighted by molar-refractivity contribution is 6.35. The van der Waals surface area contributed by atoms with Gasteiger partial charge < -0.3 is 16.4 Å². The van der Waals surface area contributed by atoms with Crippen LogP contribution < -0.4 is 17.0 Å². The van der Waals surface area contributed by atoms with Crippen molar-refractivity contribution in [1.82, 2.24) is 29.0 Å². The third kappa shape index (κ3) is 5.22. The first kappa shape index (κ1) is 30.0. The zero-order valence-electron chi connectivity index (χ0n) is 25.2. The molecule has 5 aromatic rings. The van der Waals surface area contributed by atoms with Gasteiger partial charge in [0.2, 0.25) is 5.91 Å². The molecular weight excluding hydrogens is 592 g/mol. The van der Waals surface area contributed by atoms with Crippen LogP contribution in [0.4, 0.5) is 5.82 Å². The molecule has 0 aliphatic carbocycles. The van der Waals surface area contributed by atoms with E-state index in [1.807, 2.05) is 35.4 Å². The lowest BCUT2D eigenvalue weighted by atomic mass is 9.92. The number of carbonyl (C=O) groups excluding carboxylic acids is 2. The number of hydrogen-bond acceptors (Lipinski definition) is 7. The molecule has 0 bridgehead atoms. The average Bonchev–Trinajstić information content (AvgIpc) is 3.44. The van der Waals surface area contributed by atoms with Crippen LogP contribution in [0.5, 0.6) is 0 Å². The Bertz CT molecular complexity index is 1990. The number of halogens is 1. The lowest BCUT2D eigenvalue weighted by Gasteiger charge is -2.33. The van der Waals surface area contributed by atoms with Crippen molar-refractivity contribution in [3.63, 3.8) is 0 Å². The molecule has 4 N–H and O–H groups in total. The monoisotopic (exact) mass is 624 g/mol. The first-order valence-electron chi connectivity index (χ1n) is 14.8.